The SMILES string of the molecule is COC(=O)C1CCC(CSc2nc(N)cc(=O)[nH]2)CC1. The van der Waals surface area contributed by atoms with Crippen LogP contribution in [0.3, 0.4) is 0 Å². The number of methoxy groups -OCH3 is 1. The van der Waals surface area contributed by atoms with Crippen LogP contribution in [0, 0.1) is 11.8 Å². The minimum atomic E-state index is -0.227. The van der Waals surface area contributed by atoms with E-state index in [0.717, 1.165) is 31.4 Å². The van der Waals surface area contributed by atoms with Gasteiger partial charge in [0.05, 0.1) is 13.0 Å². The fourth-order valence-electron chi connectivity index (χ4n) is 2.45. The molecule has 0 spiro atoms. The molecule has 0 atom stereocenters. The molecule has 1 saturated carbocycles. The largest absolute Gasteiger partial charge is 0.469 e. The van der Waals surface area contributed by atoms with E-state index in [-0.39, 0.29) is 23.3 Å². The number of esters is 1. The number of rotatable bonds is 4. The number of hydrogen-bond donors (Lipinski definition) is 2. The number of nitrogens with two attached hydrogens (primary N) is 1. The summed E-state index contributed by atoms with van der Waals surface area (Å²) in [6.45, 7) is 0. The molecule has 0 unspecified atom stereocenters. The Morgan fingerprint density at radius 1 is 1.50 bits per heavy atom. The lowest BCUT2D eigenvalue weighted by molar-refractivity contribution is -0.146. The van der Waals surface area contributed by atoms with Crippen LogP contribution < -0.4 is 11.3 Å². The number of nitrogens with one attached hydrogen (secondary N) is 1. The topological polar surface area (TPSA) is 98.1 Å². The molecule has 1 aliphatic carbocycles. The predicted molar refractivity (Wildman–Crippen MR) is 77.5 cm³/mol. The van der Waals surface area contributed by atoms with Crippen LogP contribution in [0.15, 0.2) is 16.0 Å². The van der Waals surface area contributed by atoms with Crippen LogP contribution in [0.4, 0.5) is 5.82 Å². The number of nitrogens with zero attached hydrogens (tertiary/aromatic N) is 1. The van der Waals surface area contributed by atoms with Crippen molar-refractivity contribution in [1.82, 2.24) is 9.97 Å². The Balaban J connectivity index is 1.81. The van der Waals surface area contributed by atoms with E-state index in [9.17, 15) is 9.59 Å². The van der Waals surface area contributed by atoms with Crippen molar-refractivity contribution in [2.75, 3.05) is 18.6 Å². The number of H-pyrrole nitrogens is 1. The van der Waals surface area contributed by atoms with Crippen molar-refractivity contribution in [3.05, 3.63) is 16.4 Å². The van der Waals surface area contributed by atoms with E-state index < -0.39 is 0 Å². The number of hydrogen-bond acceptors (Lipinski definition) is 6. The zero-order chi connectivity index (χ0) is 14.5. The maximum absolute atomic E-state index is 11.4. The summed E-state index contributed by atoms with van der Waals surface area (Å²) >= 11 is 1.51. The van der Waals surface area contributed by atoms with Gasteiger partial charge in [-0.3, -0.25) is 9.59 Å². The summed E-state index contributed by atoms with van der Waals surface area (Å²) < 4.78 is 4.77. The van der Waals surface area contributed by atoms with Gasteiger partial charge in [-0.05, 0) is 31.6 Å². The molecule has 1 fully saturated rings. The molecule has 0 radical (unpaired) electrons. The average Bonchev–Trinajstić information content (AvgIpc) is 2.44. The van der Waals surface area contributed by atoms with Gasteiger partial charge >= 0.3 is 5.97 Å². The maximum atomic E-state index is 11.4. The normalized spacial score (nSPS) is 22.4. The summed E-state index contributed by atoms with van der Waals surface area (Å²) in [5.74, 6) is 1.60. The number of aromatic nitrogens is 2. The van der Waals surface area contributed by atoms with E-state index in [0.29, 0.717) is 11.1 Å². The van der Waals surface area contributed by atoms with Gasteiger partial charge in [0, 0.05) is 11.8 Å². The van der Waals surface area contributed by atoms with E-state index >= 15 is 0 Å². The van der Waals surface area contributed by atoms with E-state index in [1.165, 1.54) is 24.9 Å². The van der Waals surface area contributed by atoms with Gasteiger partial charge in [-0.25, -0.2) is 4.98 Å². The lowest BCUT2D eigenvalue weighted by Gasteiger charge is -2.26. The fourth-order valence-corrected chi connectivity index (χ4v) is 3.52. The Bertz CT molecular complexity index is 524. The molecule has 0 aromatic carbocycles. The Labute approximate surface area is 121 Å². The van der Waals surface area contributed by atoms with Crippen molar-refractivity contribution in [2.45, 2.75) is 30.8 Å². The molecule has 1 heterocycles. The Hall–Kier alpha value is -1.50. The summed E-state index contributed by atoms with van der Waals surface area (Å²) in [4.78, 5) is 29.5. The first-order valence-electron chi connectivity index (χ1n) is 6.66. The fraction of sp³-hybridized carbons (Fsp3) is 0.615. The van der Waals surface area contributed by atoms with Gasteiger partial charge in [0.25, 0.3) is 5.56 Å². The first kappa shape index (κ1) is 14.9. The van der Waals surface area contributed by atoms with Crippen molar-refractivity contribution in [1.29, 1.82) is 0 Å². The Morgan fingerprint density at radius 3 is 2.80 bits per heavy atom. The lowest BCUT2D eigenvalue weighted by Crippen LogP contribution is -2.23. The van der Waals surface area contributed by atoms with Crippen LogP contribution in [-0.2, 0) is 9.53 Å². The van der Waals surface area contributed by atoms with Crippen LogP contribution in [0.25, 0.3) is 0 Å². The zero-order valence-electron chi connectivity index (χ0n) is 11.4. The molecule has 0 saturated heterocycles. The third kappa shape index (κ3) is 4.00. The number of carbonyl (C=O) groups is 1. The highest BCUT2D eigenvalue weighted by atomic mass is 32.2. The van der Waals surface area contributed by atoms with Gasteiger partial charge in [-0.15, -0.1) is 0 Å². The lowest BCUT2D eigenvalue weighted by atomic mass is 9.83. The average molecular weight is 297 g/mol. The van der Waals surface area contributed by atoms with Gasteiger partial charge in [-0.1, -0.05) is 11.8 Å². The van der Waals surface area contributed by atoms with E-state index in [1.807, 2.05) is 0 Å². The predicted octanol–water partition coefficient (Wildman–Crippen LogP) is 1.42. The minimum absolute atomic E-state index is 0.0477. The number of nitrogen functional groups attached to an aromatic ring is 1. The van der Waals surface area contributed by atoms with Gasteiger partial charge in [0.2, 0.25) is 0 Å². The monoisotopic (exact) mass is 297 g/mol. The van der Waals surface area contributed by atoms with Crippen molar-refractivity contribution in [3.8, 4) is 0 Å². The molecule has 110 valence electrons. The minimum Gasteiger partial charge on any atom is -0.469 e. The summed E-state index contributed by atoms with van der Waals surface area (Å²) in [5.41, 5.74) is 5.31. The molecule has 1 aromatic rings. The van der Waals surface area contributed by atoms with Crippen LogP contribution in [0.2, 0.25) is 0 Å². The number of thioether (sulfide) groups is 1. The zero-order valence-corrected chi connectivity index (χ0v) is 12.2. The van der Waals surface area contributed by atoms with Gasteiger partial charge in [0.1, 0.15) is 5.82 Å². The van der Waals surface area contributed by atoms with Crippen molar-refractivity contribution >= 4 is 23.5 Å². The molecule has 2 rings (SSSR count). The van der Waals surface area contributed by atoms with Crippen molar-refractivity contribution in [2.24, 2.45) is 11.8 Å². The molecule has 0 aliphatic heterocycles. The Morgan fingerprint density at radius 2 is 2.20 bits per heavy atom. The van der Waals surface area contributed by atoms with Crippen molar-refractivity contribution in [3.63, 3.8) is 0 Å². The number of carbonyl (C=O) groups excluding carboxylic acids is 1. The van der Waals surface area contributed by atoms with Gasteiger partial charge < -0.3 is 15.5 Å². The second-order valence-corrected chi connectivity index (χ2v) is 6.04. The summed E-state index contributed by atoms with van der Waals surface area (Å²) in [5, 5.41) is 0.560. The van der Waals surface area contributed by atoms with E-state index in [2.05, 4.69) is 9.97 Å². The standard InChI is InChI=1S/C13H19N3O3S/c1-19-12(18)9-4-2-8(3-5-9)7-20-13-15-10(14)6-11(17)16-13/h6,8-9H,2-5,7H2,1H3,(H3,14,15,16,17). The second kappa shape index (κ2) is 6.78. The molecule has 6 nitrogen and oxygen atoms in total. The molecule has 0 bridgehead atoms. The quantitative estimate of drug-likeness (QED) is 0.495. The molecule has 0 amide bonds. The van der Waals surface area contributed by atoms with Crippen molar-refractivity contribution < 1.29 is 9.53 Å². The molecular weight excluding hydrogens is 278 g/mol. The first-order valence-corrected chi connectivity index (χ1v) is 7.64. The summed E-state index contributed by atoms with van der Waals surface area (Å²) in [6.07, 6.45) is 3.75. The second-order valence-electron chi connectivity index (χ2n) is 5.03. The molecule has 1 aromatic heterocycles. The molecule has 7 heteroatoms. The van der Waals surface area contributed by atoms with Gasteiger partial charge in [-0.2, -0.15) is 0 Å². The van der Waals surface area contributed by atoms with E-state index in [1.54, 1.807) is 0 Å². The first-order chi connectivity index (χ1) is 9.58. The molecular formula is C13H19N3O3S. The summed E-state index contributed by atoms with van der Waals surface area (Å²) in [6, 6.07) is 1.27. The highest BCUT2D eigenvalue weighted by Gasteiger charge is 2.26. The smallest absolute Gasteiger partial charge is 0.308 e. The van der Waals surface area contributed by atoms with Crippen LogP contribution in [-0.4, -0.2) is 28.8 Å². The summed E-state index contributed by atoms with van der Waals surface area (Å²) in [7, 11) is 1.44. The van der Waals surface area contributed by atoms with Gasteiger partial charge in [0.15, 0.2) is 5.16 Å². The highest BCUT2D eigenvalue weighted by Crippen LogP contribution is 2.32. The number of aromatic amines is 1. The van der Waals surface area contributed by atoms with Crippen LogP contribution in [0.1, 0.15) is 25.7 Å². The number of anilines is 1. The third-order valence-electron chi connectivity index (χ3n) is 3.58. The molecule has 20 heavy (non-hydrogen) atoms. The number of ether oxygens (including phenoxy) is 1. The van der Waals surface area contributed by atoms with Crippen LogP contribution >= 0.6 is 11.8 Å². The van der Waals surface area contributed by atoms with Crippen LogP contribution in [0.5, 0.6) is 0 Å². The third-order valence-corrected chi connectivity index (χ3v) is 4.68. The maximum Gasteiger partial charge on any atom is 0.308 e. The molecule has 1 aliphatic rings. The molecule has 3 N–H and O–H groups in total. The highest BCUT2D eigenvalue weighted by molar-refractivity contribution is 7.99. The Kier molecular flexibility index (Phi) is 5.05. The van der Waals surface area contributed by atoms with E-state index in [4.69, 9.17) is 10.5 Å².